The second kappa shape index (κ2) is 9.25. The lowest BCUT2D eigenvalue weighted by Gasteiger charge is -2.16. The summed E-state index contributed by atoms with van der Waals surface area (Å²) in [6.07, 6.45) is -4.94. The third kappa shape index (κ3) is 5.44. The van der Waals surface area contributed by atoms with Crippen LogP contribution in [0.25, 0.3) is 0 Å². The highest BCUT2D eigenvalue weighted by Crippen LogP contribution is 2.37. The van der Waals surface area contributed by atoms with Gasteiger partial charge in [0.15, 0.2) is 0 Å². The Labute approximate surface area is 188 Å². The maximum atomic E-state index is 13.7. The van der Waals surface area contributed by atoms with E-state index < -0.39 is 45.7 Å². The second-order valence-corrected chi connectivity index (χ2v) is 6.98. The smallest absolute Gasteiger partial charge is 0.322 e. The van der Waals surface area contributed by atoms with Crippen molar-refractivity contribution in [3.8, 4) is 0 Å². The fraction of sp³-hybridized carbons (Fsp3) is 0.0476. The van der Waals surface area contributed by atoms with Crippen LogP contribution in [-0.2, 0) is 6.18 Å². The molecule has 3 aromatic rings. The minimum Gasteiger partial charge on any atom is -0.322 e. The van der Waals surface area contributed by atoms with E-state index in [1.807, 2.05) is 5.32 Å². The summed E-state index contributed by atoms with van der Waals surface area (Å²) in [6.45, 7) is 0. The standard InChI is InChI=1S/C21H12ClF4N3O4/c22-15-7-5-11(9-18(15)29(32)33)19(30)28-17-8-6-12(10-14(17)21(24,25)26)27-20(31)13-3-1-2-4-16(13)23/h1-10H,(H,27,31)(H,28,30). The first kappa shape index (κ1) is 23.7. The summed E-state index contributed by atoms with van der Waals surface area (Å²) in [5.41, 5.74) is -3.51. The van der Waals surface area contributed by atoms with Crippen LogP contribution in [0.3, 0.4) is 0 Å². The van der Waals surface area contributed by atoms with Crippen LogP contribution < -0.4 is 10.6 Å². The fourth-order valence-electron chi connectivity index (χ4n) is 2.80. The van der Waals surface area contributed by atoms with Crippen molar-refractivity contribution in [3.63, 3.8) is 0 Å². The number of anilines is 2. The molecule has 0 radical (unpaired) electrons. The Bertz CT molecular complexity index is 1260. The third-order valence-corrected chi connectivity index (χ3v) is 4.67. The third-order valence-electron chi connectivity index (χ3n) is 4.35. The van der Waals surface area contributed by atoms with Crippen LogP contribution >= 0.6 is 11.6 Å². The number of carbonyl (C=O) groups excluding carboxylic acids is 2. The molecule has 0 bridgehead atoms. The van der Waals surface area contributed by atoms with Gasteiger partial charge >= 0.3 is 6.18 Å². The summed E-state index contributed by atoms with van der Waals surface area (Å²) in [5.74, 6) is -2.87. The normalized spacial score (nSPS) is 11.1. The number of benzene rings is 3. The number of hydrogen-bond donors (Lipinski definition) is 2. The van der Waals surface area contributed by atoms with Gasteiger partial charge in [0.25, 0.3) is 17.5 Å². The van der Waals surface area contributed by atoms with Gasteiger partial charge in [-0.05, 0) is 42.5 Å². The Kier molecular flexibility index (Phi) is 6.63. The van der Waals surface area contributed by atoms with E-state index in [0.717, 1.165) is 42.5 Å². The van der Waals surface area contributed by atoms with Crippen molar-refractivity contribution in [2.45, 2.75) is 6.18 Å². The Morgan fingerprint density at radius 3 is 2.27 bits per heavy atom. The molecule has 170 valence electrons. The molecule has 33 heavy (non-hydrogen) atoms. The highest BCUT2D eigenvalue weighted by atomic mass is 35.5. The molecule has 0 atom stereocenters. The number of halogens is 5. The van der Waals surface area contributed by atoms with Gasteiger partial charge in [-0.1, -0.05) is 23.7 Å². The van der Waals surface area contributed by atoms with Crippen LogP contribution in [0, 0.1) is 15.9 Å². The van der Waals surface area contributed by atoms with Gasteiger partial charge in [0.1, 0.15) is 10.8 Å². The minimum absolute atomic E-state index is 0.248. The van der Waals surface area contributed by atoms with E-state index in [1.165, 1.54) is 12.1 Å². The van der Waals surface area contributed by atoms with Gasteiger partial charge in [-0.3, -0.25) is 19.7 Å². The molecule has 0 aliphatic carbocycles. The molecule has 7 nitrogen and oxygen atoms in total. The van der Waals surface area contributed by atoms with Crippen LogP contribution in [-0.4, -0.2) is 16.7 Å². The molecule has 0 aliphatic rings. The van der Waals surface area contributed by atoms with E-state index in [9.17, 15) is 37.3 Å². The molecule has 2 amide bonds. The predicted octanol–water partition coefficient (Wildman–Crippen LogP) is 5.91. The Hall–Kier alpha value is -3.99. The maximum Gasteiger partial charge on any atom is 0.418 e. The van der Waals surface area contributed by atoms with E-state index in [0.29, 0.717) is 6.07 Å². The molecule has 12 heteroatoms. The summed E-state index contributed by atoms with van der Waals surface area (Å²) >= 11 is 5.67. The average Bonchev–Trinajstić information content (AvgIpc) is 2.74. The minimum atomic E-state index is -4.94. The molecule has 0 unspecified atom stereocenters. The van der Waals surface area contributed by atoms with Crippen molar-refractivity contribution < 1.29 is 32.1 Å². The molecule has 0 aliphatic heterocycles. The van der Waals surface area contributed by atoms with Crippen molar-refractivity contribution in [1.29, 1.82) is 0 Å². The lowest BCUT2D eigenvalue weighted by molar-refractivity contribution is -0.384. The number of nitro benzene ring substituents is 1. The number of carbonyl (C=O) groups is 2. The Morgan fingerprint density at radius 1 is 0.939 bits per heavy atom. The summed E-state index contributed by atoms with van der Waals surface area (Å²) < 4.78 is 54.5. The van der Waals surface area contributed by atoms with Crippen LogP contribution in [0.2, 0.25) is 5.02 Å². The molecule has 0 saturated heterocycles. The van der Waals surface area contributed by atoms with Crippen LogP contribution in [0.5, 0.6) is 0 Å². The fourth-order valence-corrected chi connectivity index (χ4v) is 2.98. The molecular formula is C21H12ClF4N3O4. The molecule has 3 aromatic carbocycles. The summed E-state index contributed by atoms with van der Waals surface area (Å²) in [6, 6.07) is 10.5. The molecular weight excluding hydrogens is 470 g/mol. The van der Waals surface area contributed by atoms with Crippen LogP contribution in [0.15, 0.2) is 60.7 Å². The summed E-state index contributed by atoms with van der Waals surface area (Å²) in [4.78, 5) is 34.7. The van der Waals surface area contributed by atoms with Crippen LogP contribution in [0.1, 0.15) is 26.3 Å². The quantitative estimate of drug-likeness (QED) is 0.269. The van der Waals surface area contributed by atoms with E-state index in [-0.39, 0.29) is 21.8 Å². The second-order valence-electron chi connectivity index (χ2n) is 6.57. The lowest BCUT2D eigenvalue weighted by Crippen LogP contribution is -2.18. The number of rotatable bonds is 5. The van der Waals surface area contributed by atoms with Crippen molar-refractivity contribution in [2.24, 2.45) is 0 Å². The van der Waals surface area contributed by atoms with Gasteiger partial charge in [-0.25, -0.2) is 4.39 Å². The zero-order chi connectivity index (χ0) is 24.3. The Balaban J connectivity index is 1.89. The SMILES string of the molecule is O=C(Nc1ccc(NC(=O)c2ccccc2F)cc1C(F)(F)F)c1ccc(Cl)c([N+](=O)[O-])c1. The zero-order valence-corrected chi connectivity index (χ0v) is 17.0. The maximum absolute atomic E-state index is 13.7. The first-order valence-electron chi connectivity index (χ1n) is 9.00. The van der Waals surface area contributed by atoms with E-state index in [1.54, 1.807) is 0 Å². The molecule has 0 aromatic heterocycles. The highest BCUT2D eigenvalue weighted by Gasteiger charge is 2.34. The number of alkyl halides is 3. The lowest BCUT2D eigenvalue weighted by atomic mass is 10.1. The number of nitro groups is 1. The number of nitrogens with zero attached hydrogens (tertiary/aromatic N) is 1. The van der Waals surface area contributed by atoms with Gasteiger partial charge in [0.05, 0.1) is 21.7 Å². The first-order valence-corrected chi connectivity index (χ1v) is 9.37. The van der Waals surface area contributed by atoms with E-state index >= 15 is 0 Å². The van der Waals surface area contributed by atoms with E-state index in [2.05, 4.69) is 5.32 Å². The summed E-state index contributed by atoms with van der Waals surface area (Å²) in [7, 11) is 0. The van der Waals surface area contributed by atoms with Crippen molar-refractivity contribution >= 4 is 40.5 Å². The monoisotopic (exact) mass is 481 g/mol. The molecule has 0 spiro atoms. The Morgan fingerprint density at radius 2 is 1.64 bits per heavy atom. The van der Waals surface area contributed by atoms with Crippen LogP contribution in [0.4, 0.5) is 34.6 Å². The molecule has 3 rings (SSSR count). The molecule has 0 saturated carbocycles. The summed E-state index contributed by atoms with van der Waals surface area (Å²) in [5, 5.41) is 14.9. The topological polar surface area (TPSA) is 101 Å². The van der Waals surface area contributed by atoms with Gasteiger partial charge in [-0.2, -0.15) is 13.2 Å². The molecule has 0 heterocycles. The van der Waals surface area contributed by atoms with Gasteiger partial charge in [-0.15, -0.1) is 0 Å². The predicted molar refractivity (Wildman–Crippen MR) is 112 cm³/mol. The highest BCUT2D eigenvalue weighted by molar-refractivity contribution is 6.32. The van der Waals surface area contributed by atoms with Gasteiger partial charge in [0, 0.05) is 17.3 Å². The molecule has 0 fully saturated rings. The average molecular weight is 482 g/mol. The number of amides is 2. The van der Waals surface area contributed by atoms with Gasteiger partial charge < -0.3 is 10.6 Å². The van der Waals surface area contributed by atoms with Crippen molar-refractivity contribution in [1.82, 2.24) is 0 Å². The largest absolute Gasteiger partial charge is 0.418 e. The van der Waals surface area contributed by atoms with Crippen molar-refractivity contribution in [3.05, 3.63) is 98.3 Å². The zero-order valence-electron chi connectivity index (χ0n) is 16.2. The molecule has 2 N–H and O–H groups in total. The van der Waals surface area contributed by atoms with E-state index in [4.69, 9.17) is 11.6 Å². The number of nitrogens with one attached hydrogen (secondary N) is 2. The first-order chi connectivity index (χ1) is 15.5. The number of hydrogen-bond acceptors (Lipinski definition) is 4. The van der Waals surface area contributed by atoms with Crippen molar-refractivity contribution in [2.75, 3.05) is 10.6 Å². The van der Waals surface area contributed by atoms with Gasteiger partial charge in [0.2, 0.25) is 0 Å².